The van der Waals surface area contributed by atoms with Crippen LogP contribution in [0, 0.1) is 0 Å². The highest BCUT2D eigenvalue weighted by atomic mass is 16.5. The van der Waals surface area contributed by atoms with Gasteiger partial charge in [0.25, 0.3) is 0 Å². The fraction of sp³-hybridized carbons (Fsp3) is 0.250. The SMILES string of the molecule is CCOC(CNC(=O)C=Cc1ccccc1)c1ccc(OC)cc1. The summed E-state index contributed by atoms with van der Waals surface area (Å²) in [5, 5.41) is 2.88. The number of nitrogens with one attached hydrogen (secondary N) is 1. The molecule has 0 aliphatic rings. The molecule has 4 nitrogen and oxygen atoms in total. The van der Waals surface area contributed by atoms with Gasteiger partial charge in [0.05, 0.1) is 13.2 Å². The smallest absolute Gasteiger partial charge is 0.244 e. The van der Waals surface area contributed by atoms with Gasteiger partial charge in [-0.25, -0.2) is 0 Å². The van der Waals surface area contributed by atoms with E-state index in [2.05, 4.69) is 5.32 Å². The molecule has 1 atom stereocenters. The molecule has 0 saturated heterocycles. The van der Waals surface area contributed by atoms with Crippen LogP contribution >= 0.6 is 0 Å². The van der Waals surface area contributed by atoms with Gasteiger partial charge in [-0.05, 0) is 36.3 Å². The van der Waals surface area contributed by atoms with E-state index in [1.807, 2.05) is 61.5 Å². The number of ether oxygens (including phenoxy) is 2. The standard InChI is InChI=1S/C20H23NO3/c1-3-24-19(17-10-12-18(23-2)13-11-17)15-21-20(22)14-9-16-7-5-4-6-8-16/h4-14,19H,3,15H2,1-2H3,(H,21,22). The lowest BCUT2D eigenvalue weighted by Gasteiger charge is -2.18. The van der Waals surface area contributed by atoms with Crippen LogP contribution < -0.4 is 10.1 Å². The van der Waals surface area contributed by atoms with E-state index in [9.17, 15) is 4.79 Å². The second kappa shape index (κ2) is 9.53. The third kappa shape index (κ3) is 5.56. The predicted octanol–water partition coefficient (Wildman–Crippen LogP) is 3.60. The van der Waals surface area contributed by atoms with Gasteiger partial charge in [0.1, 0.15) is 5.75 Å². The Balaban J connectivity index is 1.92. The zero-order chi connectivity index (χ0) is 17.2. The maximum absolute atomic E-state index is 12.0. The molecule has 2 aromatic carbocycles. The minimum atomic E-state index is -0.185. The highest BCUT2D eigenvalue weighted by molar-refractivity contribution is 5.91. The van der Waals surface area contributed by atoms with Gasteiger partial charge in [0.15, 0.2) is 0 Å². The second-order valence-corrected chi connectivity index (χ2v) is 5.21. The summed E-state index contributed by atoms with van der Waals surface area (Å²) in [6, 6.07) is 17.4. The third-order valence-corrected chi connectivity index (χ3v) is 3.54. The number of methoxy groups -OCH3 is 1. The van der Waals surface area contributed by atoms with E-state index in [1.165, 1.54) is 6.08 Å². The van der Waals surface area contributed by atoms with Crippen LogP contribution in [0.3, 0.4) is 0 Å². The molecule has 0 fully saturated rings. The Bertz CT molecular complexity index is 650. The summed E-state index contributed by atoms with van der Waals surface area (Å²) in [6.45, 7) is 2.93. The van der Waals surface area contributed by atoms with Gasteiger partial charge < -0.3 is 14.8 Å². The van der Waals surface area contributed by atoms with Crippen LogP contribution in [0.1, 0.15) is 24.2 Å². The van der Waals surface area contributed by atoms with Crippen LogP contribution in [0.4, 0.5) is 0 Å². The normalized spacial score (nSPS) is 12.1. The number of carbonyl (C=O) groups excluding carboxylic acids is 1. The first-order chi connectivity index (χ1) is 11.7. The van der Waals surface area contributed by atoms with Gasteiger partial charge in [0.2, 0.25) is 5.91 Å². The number of hydrogen-bond donors (Lipinski definition) is 1. The lowest BCUT2D eigenvalue weighted by Crippen LogP contribution is -2.28. The Morgan fingerprint density at radius 3 is 2.46 bits per heavy atom. The molecule has 1 amide bonds. The van der Waals surface area contributed by atoms with E-state index in [4.69, 9.17) is 9.47 Å². The van der Waals surface area contributed by atoms with E-state index in [1.54, 1.807) is 13.2 Å². The fourth-order valence-electron chi connectivity index (χ4n) is 2.28. The topological polar surface area (TPSA) is 47.6 Å². The third-order valence-electron chi connectivity index (χ3n) is 3.54. The zero-order valence-electron chi connectivity index (χ0n) is 14.1. The Kier molecular flexibility index (Phi) is 7.05. The van der Waals surface area contributed by atoms with Crippen molar-refractivity contribution < 1.29 is 14.3 Å². The average Bonchev–Trinajstić information content (AvgIpc) is 2.64. The van der Waals surface area contributed by atoms with Crippen molar-refractivity contribution in [2.24, 2.45) is 0 Å². The number of hydrogen-bond acceptors (Lipinski definition) is 3. The molecule has 0 aliphatic carbocycles. The zero-order valence-corrected chi connectivity index (χ0v) is 14.1. The summed E-state index contributed by atoms with van der Waals surface area (Å²) in [7, 11) is 1.63. The Hall–Kier alpha value is -2.59. The van der Waals surface area contributed by atoms with Crippen molar-refractivity contribution in [1.82, 2.24) is 5.32 Å². The van der Waals surface area contributed by atoms with Crippen molar-refractivity contribution in [2.45, 2.75) is 13.0 Å². The maximum Gasteiger partial charge on any atom is 0.244 e. The van der Waals surface area contributed by atoms with Gasteiger partial charge in [0, 0.05) is 19.2 Å². The first-order valence-corrected chi connectivity index (χ1v) is 7.99. The fourth-order valence-corrected chi connectivity index (χ4v) is 2.28. The minimum absolute atomic E-state index is 0.142. The van der Waals surface area contributed by atoms with E-state index in [-0.39, 0.29) is 12.0 Å². The summed E-state index contributed by atoms with van der Waals surface area (Å²) in [5.41, 5.74) is 1.99. The van der Waals surface area contributed by atoms with Gasteiger partial charge in [-0.3, -0.25) is 4.79 Å². The number of carbonyl (C=O) groups is 1. The first kappa shape index (κ1) is 17.8. The molecule has 1 unspecified atom stereocenters. The molecule has 0 aliphatic heterocycles. The van der Waals surface area contributed by atoms with E-state index in [0.717, 1.165) is 16.9 Å². The van der Waals surface area contributed by atoms with E-state index < -0.39 is 0 Å². The van der Waals surface area contributed by atoms with Crippen molar-refractivity contribution in [3.05, 3.63) is 71.8 Å². The van der Waals surface area contributed by atoms with Gasteiger partial charge >= 0.3 is 0 Å². The molecule has 2 aromatic rings. The summed E-state index contributed by atoms with van der Waals surface area (Å²) < 4.78 is 10.9. The molecular formula is C20H23NO3. The minimum Gasteiger partial charge on any atom is -0.497 e. The molecule has 4 heteroatoms. The second-order valence-electron chi connectivity index (χ2n) is 5.21. The average molecular weight is 325 g/mol. The van der Waals surface area contributed by atoms with Gasteiger partial charge in [-0.2, -0.15) is 0 Å². The van der Waals surface area contributed by atoms with Crippen LogP contribution in [0.2, 0.25) is 0 Å². The van der Waals surface area contributed by atoms with E-state index >= 15 is 0 Å². The monoisotopic (exact) mass is 325 g/mol. The number of rotatable bonds is 8. The molecule has 0 radical (unpaired) electrons. The largest absolute Gasteiger partial charge is 0.497 e. The van der Waals surface area contributed by atoms with Crippen LogP contribution in [0.25, 0.3) is 6.08 Å². The van der Waals surface area contributed by atoms with Crippen molar-refractivity contribution >= 4 is 12.0 Å². The lowest BCUT2D eigenvalue weighted by atomic mass is 10.1. The molecule has 2 rings (SSSR count). The molecule has 0 bridgehead atoms. The van der Waals surface area contributed by atoms with Crippen LogP contribution in [-0.4, -0.2) is 26.2 Å². The van der Waals surface area contributed by atoms with Crippen molar-refractivity contribution in [1.29, 1.82) is 0 Å². The van der Waals surface area contributed by atoms with Crippen molar-refractivity contribution in [3.8, 4) is 5.75 Å². The summed E-state index contributed by atoms with van der Waals surface area (Å²) in [4.78, 5) is 12.0. The Morgan fingerprint density at radius 2 is 1.83 bits per heavy atom. The quantitative estimate of drug-likeness (QED) is 0.754. The van der Waals surface area contributed by atoms with Crippen LogP contribution in [0.5, 0.6) is 5.75 Å². The van der Waals surface area contributed by atoms with Crippen LogP contribution in [-0.2, 0) is 9.53 Å². The summed E-state index contributed by atoms with van der Waals surface area (Å²) >= 11 is 0. The Morgan fingerprint density at radius 1 is 1.12 bits per heavy atom. The number of amides is 1. The molecule has 0 aromatic heterocycles. The van der Waals surface area contributed by atoms with Crippen LogP contribution in [0.15, 0.2) is 60.7 Å². The molecule has 0 heterocycles. The van der Waals surface area contributed by atoms with E-state index in [0.29, 0.717) is 13.2 Å². The highest BCUT2D eigenvalue weighted by Crippen LogP contribution is 2.20. The highest BCUT2D eigenvalue weighted by Gasteiger charge is 2.12. The molecule has 0 saturated carbocycles. The Labute approximate surface area is 143 Å². The summed E-state index contributed by atoms with van der Waals surface area (Å²) in [5.74, 6) is 0.654. The van der Waals surface area contributed by atoms with Gasteiger partial charge in [-0.15, -0.1) is 0 Å². The first-order valence-electron chi connectivity index (χ1n) is 7.99. The lowest BCUT2D eigenvalue weighted by molar-refractivity contribution is -0.117. The summed E-state index contributed by atoms with van der Waals surface area (Å²) in [6.07, 6.45) is 3.14. The molecule has 126 valence electrons. The number of benzene rings is 2. The predicted molar refractivity (Wildman–Crippen MR) is 95.8 cm³/mol. The molecule has 1 N–H and O–H groups in total. The molecular weight excluding hydrogens is 302 g/mol. The molecule has 24 heavy (non-hydrogen) atoms. The van der Waals surface area contributed by atoms with Gasteiger partial charge in [-0.1, -0.05) is 42.5 Å². The van der Waals surface area contributed by atoms with Crippen molar-refractivity contribution in [2.75, 3.05) is 20.3 Å². The maximum atomic E-state index is 12.0. The molecule has 0 spiro atoms. The van der Waals surface area contributed by atoms with Crippen molar-refractivity contribution in [3.63, 3.8) is 0 Å².